The van der Waals surface area contributed by atoms with Crippen LogP contribution in [0.25, 0.3) is 0 Å². The lowest BCUT2D eigenvalue weighted by Crippen LogP contribution is -2.35. The number of anilines is 1. The molecule has 1 atom stereocenters. The van der Waals surface area contributed by atoms with Crippen molar-refractivity contribution in [2.24, 2.45) is 5.92 Å². The van der Waals surface area contributed by atoms with Gasteiger partial charge in [-0.1, -0.05) is 13.3 Å². The Morgan fingerprint density at radius 2 is 2.14 bits per heavy atom. The number of rotatable bonds is 6. The second kappa shape index (κ2) is 7.36. The average molecular weight is 292 g/mol. The fraction of sp³-hybridized carbons (Fsp3) is 0.667. The van der Waals surface area contributed by atoms with Gasteiger partial charge in [0, 0.05) is 24.8 Å². The van der Waals surface area contributed by atoms with Gasteiger partial charge in [-0.25, -0.2) is 4.98 Å². The molecule has 0 amide bonds. The summed E-state index contributed by atoms with van der Waals surface area (Å²) in [6.45, 7) is 7.99. The van der Waals surface area contributed by atoms with Crippen LogP contribution in [0.1, 0.15) is 31.7 Å². The Balaban J connectivity index is 1.90. The highest BCUT2D eigenvalue weighted by Crippen LogP contribution is 2.25. The summed E-state index contributed by atoms with van der Waals surface area (Å²) >= 11 is 0. The fourth-order valence-corrected chi connectivity index (χ4v) is 2.83. The molecule has 2 rings (SSSR count). The standard InChI is InChI=1S/C15H24N4O2/c1-12(11-18-8-4-3-5-9-18)10-17-15-14(19(20)21)13(2)6-7-16-15/h6-7,12H,3-5,8-11H2,1-2H3,(H,16,17). The monoisotopic (exact) mass is 292 g/mol. The minimum atomic E-state index is -0.361. The number of nitrogens with zero attached hydrogens (tertiary/aromatic N) is 3. The van der Waals surface area contributed by atoms with Crippen LogP contribution in [-0.2, 0) is 0 Å². The number of nitrogens with one attached hydrogen (secondary N) is 1. The first-order valence-corrected chi connectivity index (χ1v) is 7.64. The van der Waals surface area contributed by atoms with Crippen LogP contribution in [0.3, 0.4) is 0 Å². The molecular weight excluding hydrogens is 268 g/mol. The van der Waals surface area contributed by atoms with E-state index in [1.165, 1.54) is 32.4 Å². The molecule has 1 unspecified atom stereocenters. The van der Waals surface area contributed by atoms with Gasteiger partial charge in [0.25, 0.3) is 0 Å². The highest BCUT2D eigenvalue weighted by molar-refractivity contribution is 5.59. The Morgan fingerprint density at radius 1 is 1.43 bits per heavy atom. The maximum Gasteiger partial charge on any atom is 0.314 e. The topological polar surface area (TPSA) is 71.3 Å². The molecule has 2 heterocycles. The number of hydrogen-bond acceptors (Lipinski definition) is 5. The lowest BCUT2D eigenvalue weighted by Gasteiger charge is -2.29. The van der Waals surface area contributed by atoms with E-state index in [0.29, 0.717) is 23.8 Å². The van der Waals surface area contributed by atoms with Crippen LogP contribution in [0, 0.1) is 23.0 Å². The third-order valence-electron chi connectivity index (χ3n) is 3.95. The molecular formula is C15H24N4O2. The van der Waals surface area contributed by atoms with Crippen molar-refractivity contribution in [2.45, 2.75) is 33.1 Å². The SMILES string of the molecule is Cc1ccnc(NCC(C)CN2CCCCC2)c1[N+](=O)[O-]. The van der Waals surface area contributed by atoms with Crippen LogP contribution in [0.2, 0.25) is 0 Å². The summed E-state index contributed by atoms with van der Waals surface area (Å²) in [5, 5.41) is 14.3. The molecule has 0 aromatic carbocycles. The van der Waals surface area contributed by atoms with Gasteiger partial charge >= 0.3 is 5.69 Å². The van der Waals surface area contributed by atoms with E-state index in [2.05, 4.69) is 22.1 Å². The molecule has 1 saturated heterocycles. The summed E-state index contributed by atoms with van der Waals surface area (Å²) in [6.07, 6.45) is 5.51. The summed E-state index contributed by atoms with van der Waals surface area (Å²) in [4.78, 5) is 17.4. The van der Waals surface area contributed by atoms with Gasteiger partial charge in [-0.05, 0) is 44.8 Å². The van der Waals surface area contributed by atoms with E-state index in [-0.39, 0.29) is 10.6 Å². The molecule has 1 aromatic heterocycles. The van der Waals surface area contributed by atoms with E-state index in [1.807, 2.05) is 0 Å². The molecule has 6 nitrogen and oxygen atoms in total. The molecule has 116 valence electrons. The minimum absolute atomic E-state index is 0.0858. The van der Waals surface area contributed by atoms with Crippen LogP contribution >= 0.6 is 0 Å². The lowest BCUT2D eigenvalue weighted by atomic mass is 10.1. The zero-order valence-corrected chi connectivity index (χ0v) is 12.8. The van der Waals surface area contributed by atoms with Gasteiger partial charge in [-0.2, -0.15) is 0 Å². The molecule has 1 aromatic rings. The van der Waals surface area contributed by atoms with Crippen molar-refractivity contribution in [1.82, 2.24) is 9.88 Å². The summed E-state index contributed by atoms with van der Waals surface area (Å²) in [5.74, 6) is 0.815. The Hall–Kier alpha value is -1.69. The van der Waals surface area contributed by atoms with Crippen molar-refractivity contribution in [2.75, 3.05) is 31.5 Å². The maximum atomic E-state index is 11.1. The normalized spacial score (nSPS) is 17.4. The van der Waals surface area contributed by atoms with Gasteiger partial charge in [-0.3, -0.25) is 10.1 Å². The summed E-state index contributed by atoms with van der Waals surface area (Å²) in [7, 11) is 0. The number of pyridine rings is 1. The van der Waals surface area contributed by atoms with Gasteiger partial charge in [0.1, 0.15) is 0 Å². The summed E-state index contributed by atoms with van der Waals surface area (Å²) in [5.41, 5.74) is 0.726. The number of nitro groups is 1. The summed E-state index contributed by atoms with van der Waals surface area (Å²) < 4.78 is 0. The molecule has 0 bridgehead atoms. The van der Waals surface area contributed by atoms with Crippen molar-refractivity contribution in [1.29, 1.82) is 0 Å². The van der Waals surface area contributed by atoms with Crippen molar-refractivity contribution in [3.05, 3.63) is 27.9 Å². The quantitative estimate of drug-likeness (QED) is 0.645. The first kappa shape index (κ1) is 15.7. The highest BCUT2D eigenvalue weighted by Gasteiger charge is 2.19. The number of aryl methyl sites for hydroxylation is 1. The van der Waals surface area contributed by atoms with E-state index in [0.717, 1.165) is 6.54 Å². The smallest absolute Gasteiger partial charge is 0.314 e. The molecule has 1 aliphatic heterocycles. The molecule has 21 heavy (non-hydrogen) atoms. The second-order valence-electron chi connectivity index (χ2n) is 5.93. The molecule has 1 aliphatic rings. The van der Waals surface area contributed by atoms with Gasteiger partial charge < -0.3 is 10.2 Å². The Morgan fingerprint density at radius 3 is 2.81 bits per heavy atom. The van der Waals surface area contributed by atoms with Crippen molar-refractivity contribution in [3.63, 3.8) is 0 Å². The Labute approximate surface area is 125 Å². The minimum Gasteiger partial charge on any atom is -0.364 e. The molecule has 0 radical (unpaired) electrons. The maximum absolute atomic E-state index is 11.1. The van der Waals surface area contributed by atoms with Crippen LogP contribution in [0.5, 0.6) is 0 Å². The first-order valence-electron chi connectivity index (χ1n) is 7.64. The molecule has 0 saturated carbocycles. The summed E-state index contributed by atoms with van der Waals surface area (Å²) in [6, 6.07) is 1.67. The van der Waals surface area contributed by atoms with Crippen LogP contribution < -0.4 is 5.32 Å². The lowest BCUT2D eigenvalue weighted by molar-refractivity contribution is -0.384. The van der Waals surface area contributed by atoms with Gasteiger partial charge in [-0.15, -0.1) is 0 Å². The third kappa shape index (κ3) is 4.39. The molecule has 6 heteroatoms. The Bertz CT molecular complexity index is 487. The van der Waals surface area contributed by atoms with Crippen LogP contribution in [0.4, 0.5) is 11.5 Å². The van der Waals surface area contributed by atoms with E-state index < -0.39 is 0 Å². The second-order valence-corrected chi connectivity index (χ2v) is 5.93. The van der Waals surface area contributed by atoms with Crippen molar-refractivity contribution in [3.8, 4) is 0 Å². The van der Waals surface area contributed by atoms with E-state index in [4.69, 9.17) is 0 Å². The van der Waals surface area contributed by atoms with Crippen LogP contribution in [-0.4, -0.2) is 41.0 Å². The Kier molecular flexibility index (Phi) is 5.50. The number of hydrogen-bond donors (Lipinski definition) is 1. The average Bonchev–Trinajstić information content (AvgIpc) is 2.45. The highest BCUT2D eigenvalue weighted by atomic mass is 16.6. The van der Waals surface area contributed by atoms with Crippen molar-refractivity contribution < 1.29 is 4.92 Å². The van der Waals surface area contributed by atoms with Gasteiger partial charge in [0.05, 0.1) is 4.92 Å². The fourth-order valence-electron chi connectivity index (χ4n) is 2.83. The third-order valence-corrected chi connectivity index (χ3v) is 3.95. The van der Waals surface area contributed by atoms with E-state index in [9.17, 15) is 10.1 Å². The predicted molar refractivity (Wildman–Crippen MR) is 83.6 cm³/mol. The van der Waals surface area contributed by atoms with E-state index in [1.54, 1.807) is 19.2 Å². The molecule has 1 fully saturated rings. The van der Waals surface area contributed by atoms with Crippen LogP contribution in [0.15, 0.2) is 12.3 Å². The predicted octanol–water partition coefficient (Wildman–Crippen LogP) is 2.83. The molecule has 0 aliphatic carbocycles. The zero-order chi connectivity index (χ0) is 15.2. The van der Waals surface area contributed by atoms with E-state index >= 15 is 0 Å². The number of aromatic nitrogens is 1. The largest absolute Gasteiger partial charge is 0.364 e. The zero-order valence-electron chi connectivity index (χ0n) is 12.8. The molecule has 1 N–H and O–H groups in total. The number of likely N-dealkylation sites (tertiary alicyclic amines) is 1. The van der Waals surface area contributed by atoms with Crippen molar-refractivity contribution >= 4 is 11.5 Å². The first-order chi connectivity index (χ1) is 10.1. The van der Waals surface area contributed by atoms with Gasteiger partial charge in [0.15, 0.2) is 0 Å². The molecule has 0 spiro atoms. The number of piperidine rings is 1. The van der Waals surface area contributed by atoms with Gasteiger partial charge in [0.2, 0.25) is 5.82 Å².